The normalized spacial score (nSPS) is 15.9. The van der Waals surface area contributed by atoms with E-state index < -0.39 is 5.97 Å². The minimum atomic E-state index is -1.01. The Morgan fingerprint density at radius 2 is 1.90 bits per heavy atom. The number of halogens is 1. The lowest BCUT2D eigenvalue weighted by molar-refractivity contribution is -0.141. The number of aliphatic carboxylic acids is 1. The Morgan fingerprint density at radius 3 is 2.65 bits per heavy atom. The number of hydrazone groups is 1. The Balaban J connectivity index is 1.64. The zero-order chi connectivity index (χ0) is 22.0. The summed E-state index contributed by atoms with van der Waals surface area (Å²) in [4.78, 5) is 28.3. The third-order valence-electron chi connectivity index (χ3n) is 5.45. The fourth-order valence-electron chi connectivity index (χ4n) is 3.88. The van der Waals surface area contributed by atoms with Crippen LogP contribution in [0.15, 0.2) is 59.7 Å². The van der Waals surface area contributed by atoms with E-state index in [-0.39, 0.29) is 24.8 Å². The van der Waals surface area contributed by atoms with Gasteiger partial charge in [-0.1, -0.05) is 60.1 Å². The molecular weight excluding hydrogens is 414 g/mol. The number of rotatable bonds is 6. The molecule has 0 saturated heterocycles. The van der Waals surface area contributed by atoms with Gasteiger partial charge in [0.05, 0.1) is 23.7 Å². The Labute approximate surface area is 185 Å². The van der Waals surface area contributed by atoms with Crippen molar-refractivity contribution in [3.8, 4) is 0 Å². The lowest BCUT2D eigenvalue weighted by Crippen LogP contribution is -2.34. The molecule has 0 aliphatic carbocycles. The number of para-hydroxylation sites is 1. The van der Waals surface area contributed by atoms with Crippen LogP contribution in [0.25, 0.3) is 10.9 Å². The molecule has 1 N–H and O–H groups in total. The van der Waals surface area contributed by atoms with E-state index in [9.17, 15) is 9.59 Å². The molecule has 0 spiro atoms. The molecule has 31 heavy (non-hydrogen) atoms. The zero-order valence-corrected chi connectivity index (χ0v) is 17.8. The maximum atomic E-state index is 12.8. The topological polar surface area (TPSA) is 82.9 Å². The van der Waals surface area contributed by atoms with Gasteiger partial charge in [-0.3, -0.25) is 9.59 Å². The zero-order valence-electron chi connectivity index (χ0n) is 17.1. The van der Waals surface area contributed by atoms with Crippen molar-refractivity contribution in [2.45, 2.75) is 38.6 Å². The average Bonchev–Trinajstić information content (AvgIpc) is 3.18. The van der Waals surface area contributed by atoms with Crippen LogP contribution in [0.4, 0.5) is 0 Å². The number of hydrogen-bond donors (Lipinski definition) is 1. The Kier molecular flexibility index (Phi) is 6.00. The van der Waals surface area contributed by atoms with Crippen LogP contribution in [0.1, 0.15) is 36.0 Å². The molecule has 1 aliphatic heterocycles. The second kappa shape index (κ2) is 8.86. The van der Waals surface area contributed by atoms with E-state index in [0.29, 0.717) is 18.0 Å². The monoisotopic (exact) mass is 435 g/mol. The number of amides is 1. The SMILES string of the molecule is Cc1cccc2cc(C[C@H]3CC(c4ccccc4)=NN3C(=O)CCC(=O)O)c(Cl)nc12. The predicted molar refractivity (Wildman–Crippen MR) is 120 cm³/mol. The van der Waals surface area contributed by atoms with Crippen LogP contribution in [-0.4, -0.2) is 38.7 Å². The highest BCUT2D eigenvalue weighted by atomic mass is 35.5. The number of carbonyl (C=O) groups excluding carboxylic acids is 1. The van der Waals surface area contributed by atoms with Crippen LogP contribution in [0.3, 0.4) is 0 Å². The van der Waals surface area contributed by atoms with E-state index in [0.717, 1.165) is 33.3 Å². The molecule has 4 rings (SSSR count). The van der Waals surface area contributed by atoms with Crippen LogP contribution >= 0.6 is 11.6 Å². The highest BCUT2D eigenvalue weighted by Crippen LogP contribution is 2.29. The second-order valence-corrected chi connectivity index (χ2v) is 8.05. The molecule has 1 atom stereocenters. The number of carboxylic acids is 1. The first-order chi connectivity index (χ1) is 14.9. The van der Waals surface area contributed by atoms with Crippen LogP contribution < -0.4 is 0 Å². The Hall–Kier alpha value is -3.25. The number of benzene rings is 2. The lowest BCUT2D eigenvalue weighted by atomic mass is 9.98. The van der Waals surface area contributed by atoms with Crippen molar-refractivity contribution in [3.05, 3.63) is 76.4 Å². The minimum absolute atomic E-state index is 0.0969. The summed E-state index contributed by atoms with van der Waals surface area (Å²) < 4.78 is 0. The molecule has 1 aliphatic rings. The molecule has 2 aromatic carbocycles. The summed E-state index contributed by atoms with van der Waals surface area (Å²) in [5, 5.41) is 16.4. The van der Waals surface area contributed by atoms with Gasteiger partial charge < -0.3 is 5.11 Å². The first-order valence-electron chi connectivity index (χ1n) is 10.1. The molecular formula is C24H22ClN3O3. The first kappa shape index (κ1) is 21.0. The van der Waals surface area contributed by atoms with E-state index in [1.807, 2.05) is 61.5 Å². The number of aryl methyl sites for hydroxylation is 1. The second-order valence-electron chi connectivity index (χ2n) is 7.69. The smallest absolute Gasteiger partial charge is 0.303 e. The first-order valence-corrected chi connectivity index (χ1v) is 10.5. The summed E-state index contributed by atoms with van der Waals surface area (Å²) in [5.41, 5.74) is 4.49. The maximum Gasteiger partial charge on any atom is 0.303 e. The lowest BCUT2D eigenvalue weighted by Gasteiger charge is -2.22. The van der Waals surface area contributed by atoms with Gasteiger partial charge in [-0.2, -0.15) is 5.10 Å². The molecule has 0 unspecified atom stereocenters. The van der Waals surface area contributed by atoms with Gasteiger partial charge >= 0.3 is 5.97 Å². The number of aromatic nitrogens is 1. The Morgan fingerprint density at radius 1 is 1.13 bits per heavy atom. The van der Waals surface area contributed by atoms with Crippen molar-refractivity contribution >= 4 is 40.1 Å². The van der Waals surface area contributed by atoms with E-state index in [1.54, 1.807) is 0 Å². The molecule has 6 nitrogen and oxygen atoms in total. The summed E-state index contributed by atoms with van der Waals surface area (Å²) in [6, 6.07) is 17.4. The van der Waals surface area contributed by atoms with Crippen molar-refractivity contribution in [1.82, 2.24) is 9.99 Å². The molecule has 2 heterocycles. The van der Waals surface area contributed by atoms with Crippen molar-refractivity contribution in [1.29, 1.82) is 0 Å². The van der Waals surface area contributed by atoms with Gasteiger partial charge in [0.1, 0.15) is 5.15 Å². The maximum absolute atomic E-state index is 12.8. The molecule has 7 heteroatoms. The van der Waals surface area contributed by atoms with Gasteiger partial charge in [0, 0.05) is 18.2 Å². The number of carboxylic acid groups (broad SMARTS) is 1. The largest absolute Gasteiger partial charge is 0.481 e. The molecule has 0 radical (unpaired) electrons. The van der Waals surface area contributed by atoms with Crippen LogP contribution in [0.2, 0.25) is 5.15 Å². The number of nitrogens with zero attached hydrogens (tertiary/aromatic N) is 3. The fraction of sp³-hybridized carbons (Fsp3) is 0.250. The summed E-state index contributed by atoms with van der Waals surface area (Å²) in [7, 11) is 0. The van der Waals surface area contributed by atoms with Crippen molar-refractivity contribution in [3.63, 3.8) is 0 Å². The van der Waals surface area contributed by atoms with E-state index in [4.69, 9.17) is 16.7 Å². The molecule has 0 fully saturated rings. The Bertz CT molecular complexity index is 1180. The van der Waals surface area contributed by atoms with Crippen LogP contribution in [0, 0.1) is 6.92 Å². The van der Waals surface area contributed by atoms with Crippen molar-refractivity contribution < 1.29 is 14.7 Å². The molecule has 158 valence electrons. The van der Waals surface area contributed by atoms with Crippen LogP contribution in [0.5, 0.6) is 0 Å². The summed E-state index contributed by atoms with van der Waals surface area (Å²) in [5.74, 6) is -1.31. The van der Waals surface area contributed by atoms with E-state index in [2.05, 4.69) is 10.1 Å². The minimum Gasteiger partial charge on any atom is -0.481 e. The van der Waals surface area contributed by atoms with Crippen molar-refractivity contribution in [2.75, 3.05) is 0 Å². The van der Waals surface area contributed by atoms with Gasteiger partial charge in [-0.05, 0) is 36.1 Å². The highest BCUT2D eigenvalue weighted by molar-refractivity contribution is 6.30. The quantitative estimate of drug-likeness (QED) is 0.573. The average molecular weight is 436 g/mol. The van der Waals surface area contributed by atoms with Gasteiger partial charge in [-0.15, -0.1) is 0 Å². The third-order valence-corrected chi connectivity index (χ3v) is 5.77. The molecule has 0 saturated carbocycles. The van der Waals surface area contributed by atoms with Gasteiger partial charge in [0.15, 0.2) is 0 Å². The summed E-state index contributed by atoms with van der Waals surface area (Å²) >= 11 is 6.51. The van der Waals surface area contributed by atoms with Crippen LogP contribution in [-0.2, 0) is 16.0 Å². The summed E-state index contributed by atoms with van der Waals surface area (Å²) in [6.07, 6.45) is 0.718. The molecule has 3 aromatic rings. The summed E-state index contributed by atoms with van der Waals surface area (Å²) in [6.45, 7) is 1.99. The number of pyridine rings is 1. The fourth-order valence-corrected chi connectivity index (χ4v) is 4.10. The van der Waals surface area contributed by atoms with E-state index in [1.165, 1.54) is 5.01 Å². The number of hydrogen-bond acceptors (Lipinski definition) is 4. The molecule has 1 aromatic heterocycles. The van der Waals surface area contributed by atoms with Gasteiger partial charge in [-0.25, -0.2) is 9.99 Å². The standard InChI is InChI=1S/C24H22ClN3O3/c1-15-6-5-9-17-12-18(24(25)26-23(15)17)13-19-14-20(16-7-3-2-4-8-16)27-28(19)21(29)10-11-22(30)31/h2-9,12,19H,10-11,13-14H2,1H3,(H,30,31)/t19-/m0/s1. The number of fused-ring (bicyclic) bond motifs is 1. The van der Waals surface area contributed by atoms with Crippen molar-refractivity contribution in [2.24, 2.45) is 5.10 Å². The third kappa shape index (κ3) is 4.59. The molecule has 1 amide bonds. The van der Waals surface area contributed by atoms with Gasteiger partial charge in [0.2, 0.25) is 5.91 Å². The highest BCUT2D eigenvalue weighted by Gasteiger charge is 2.32. The van der Waals surface area contributed by atoms with E-state index >= 15 is 0 Å². The predicted octanol–water partition coefficient (Wildman–Crippen LogP) is 4.61. The number of carbonyl (C=O) groups is 2. The molecule has 0 bridgehead atoms. The van der Waals surface area contributed by atoms with Gasteiger partial charge in [0.25, 0.3) is 0 Å².